The maximum Gasteiger partial charge on any atom is 0.408 e. The Kier molecular flexibility index (Phi) is 6.28. The topological polar surface area (TPSA) is 47.7 Å². The van der Waals surface area contributed by atoms with E-state index in [2.05, 4.69) is 22.4 Å². The smallest absolute Gasteiger partial charge is 0.378 e. The molecule has 0 unspecified atom stereocenters. The third-order valence-electron chi connectivity index (χ3n) is 2.91. The molecule has 2 aromatic heterocycles. The molecular formula is C13H19ClF3N5. The number of aromatic nitrogens is 4. The molecule has 0 bridgehead atoms. The molecule has 0 atom stereocenters. The standard InChI is InChI=1S/C13H18F3N5.ClH/c1-3-4-20-8-12(10(2)19-20)17-5-11-6-18-21(7-11)9-13(14,15)16;/h6-8,17H,3-5,9H2,1-2H3;1H. The summed E-state index contributed by atoms with van der Waals surface area (Å²) in [5.74, 6) is 0. The molecule has 0 aromatic carbocycles. The fourth-order valence-corrected chi connectivity index (χ4v) is 2.00. The molecule has 0 saturated carbocycles. The predicted molar refractivity (Wildman–Crippen MR) is 80.1 cm³/mol. The van der Waals surface area contributed by atoms with Crippen molar-refractivity contribution in [3.8, 4) is 0 Å². The number of nitrogens with zero attached hydrogens (tertiary/aromatic N) is 4. The first-order chi connectivity index (χ1) is 9.87. The van der Waals surface area contributed by atoms with Crippen LogP contribution in [-0.2, 0) is 19.6 Å². The van der Waals surface area contributed by atoms with E-state index in [0.717, 1.165) is 29.0 Å². The number of hydrogen-bond acceptors (Lipinski definition) is 3. The van der Waals surface area contributed by atoms with E-state index in [9.17, 15) is 13.2 Å². The van der Waals surface area contributed by atoms with Crippen LogP contribution in [0.25, 0.3) is 0 Å². The van der Waals surface area contributed by atoms with Gasteiger partial charge in [0, 0.05) is 31.0 Å². The number of nitrogens with one attached hydrogen (secondary N) is 1. The molecule has 2 rings (SSSR count). The molecule has 124 valence electrons. The van der Waals surface area contributed by atoms with Crippen LogP contribution >= 0.6 is 12.4 Å². The Morgan fingerprint density at radius 2 is 1.95 bits per heavy atom. The van der Waals surface area contributed by atoms with Gasteiger partial charge in [-0.05, 0) is 13.3 Å². The molecule has 22 heavy (non-hydrogen) atoms. The second kappa shape index (κ2) is 7.53. The van der Waals surface area contributed by atoms with Crippen LogP contribution in [0.5, 0.6) is 0 Å². The van der Waals surface area contributed by atoms with Gasteiger partial charge in [0.05, 0.1) is 17.6 Å². The fourth-order valence-electron chi connectivity index (χ4n) is 2.00. The minimum atomic E-state index is -4.26. The molecule has 0 aliphatic carbocycles. The van der Waals surface area contributed by atoms with Crippen LogP contribution in [0.15, 0.2) is 18.6 Å². The van der Waals surface area contributed by atoms with E-state index in [-0.39, 0.29) is 12.4 Å². The van der Waals surface area contributed by atoms with Gasteiger partial charge in [0.15, 0.2) is 0 Å². The zero-order valence-corrected chi connectivity index (χ0v) is 13.2. The van der Waals surface area contributed by atoms with Crippen LogP contribution in [0.2, 0.25) is 0 Å². The van der Waals surface area contributed by atoms with Crippen molar-refractivity contribution < 1.29 is 13.2 Å². The molecular weight excluding hydrogens is 319 g/mol. The molecule has 0 spiro atoms. The van der Waals surface area contributed by atoms with Gasteiger partial charge >= 0.3 is 6.18 Å². The lowest BCUT2D eigenvalue weighted by Gasteiger charge is -2.05. The molecule has 9 heteroatoms. The zero-order chi connectivity index (χ0) is 15.5. The summed E-state index contributed by atoms with van der Waals surface area (Å²) >= 11 is 0. The van der Waals surface area contributed by atoms with Crippen molar-refractivity contribution in [2.75, 3.05) is 5.32 Å². The van der Waals surface area contributed by atoms with Crippen molar-refractivity contribution in [2.24, 2.45) is 0 Å². The van der Waals surface area contributed by atoms with Crippen molar-refractivity contribution in [2.45, 2.75) is 46.1 Å². The Bertz CT molecular complexity index is 591. The minimum Gasteiger partial charge on any atom is -0.378 e. The van der Waals surface area contributed by atoms with Gasteiger partial charge in [0.2, 0.25) is 0 Å². The summed E-state index contributed by atoms with van der Waals surface area (Å²) in [5, 5.41) is 11.2. The van der Waals surface area contributed by atoms with Crippen LogP contribution in [0.1, 0.15) is 24.6 Å². The lowest BCUT2D eigenvalue weighted by molar-refractivity contribution is -0.142. The van der Waals surface area contributed by atoms with E-state index >= 15 is 0 Å². The van der Waals surface area contributed by atoms with Crippen LogP contribution in [0, 0.1) is 6.92 Å². The summed E-state index contributed by atoms with van der Waals surface area (Å²) in [4.78, 5) is 0. The average Bonchev–Trinajstić information content (AvgIpc) is 2.92. The zero-order valence-electron chi connectivity index (χ0n) is 12.4. The van der Waals surface area contributed by atoms with Crippen molar-refractivity contribution in [3.63, 3.8) is 0 Å². The van der Waals surface area contributed by atoms with E-state index in [1.807, 2.05) is 17.8 Å². The van der Waals surface area contributed by atoms with E-state index in [1.165, 1.54) is 12.4 Å². The monoisotopic (exact) mass is 337 g/mol. The Hall–Kier alpha value is -1.70. The van der Waals surface area contributed by atoms with Gasteiger partial charge < -0.3 is 5.32 Å². The first-order valence-corrected chi connectivity index (χ1v) is 6.73. The number of rotatable bonds is 6. The number of alkyl halides is 3. The molecule has 0 amide bonds. The quantitative estimate of drug-likeness (QED) is 0.879. The summed E-state index contributed by atoms with van der Waals surface area (Å²) in [5.41, 5.74) is 2.44. The Labute approximate surface area is 132 Å². The number of aryl methyl sites for hydroxylation is 2. The maximum absolute atomic E-state index is 12.2. The van der Waals surface area contributed by atoms with Crippen molar-refractivity contribution in [3.05, 3.63) is 29.8 Å². The van der Waals surface area contributed by atoms with E-state index in [0.29, 0.717) is 12.1 Å². The molecule has 2 aromatic rings. The third-order valence-corrected chi connectivity index (χ3v) is 2.91. The number of halogens is 4. The first kappa shape index (κ1) is 18.3. The van der Waals surface area contributed by atoms with Crippen molar-refractivity contribution >= 4 is 18.1 Å². The molecule has 1 N–H and O–H groups in total. The predicted octanol–water partition coefficient (Wildman–Crippen LogP) is 3.39. The molecule has 0 radical (unpaired) electrons. The van der Waals surface area contributed by atoms with Crippen LogP contribution < -0.4 is 5.32 Å². The van der Waals surface area contributed by atoms with Gasteiger partial charge in [-0.15, -0.1) is 12.4 Å². The molecule has 0 aliphatic rings. The summed E-state index contributed by atoms with van der Waals surface area (Å²) in [7, 11) is 0. The highest BCUT2D eigenvalue weighted by atomic mass is 35.5. The molecule has 0 aliphatic heterocycles. The highest BCUT2D eigenvalue weighted by Crippen LogP contribution is 2.18. The van der Waals surface area contributed by atoms with E-state index in [4.69, 9.17) is 0 Å². The fraction of sp³-hybridized carbons (Fsp3) is 0.538. The summed E-state index contributed by atoms with van der Waals surface area (Å²) in [6.45, 7) is 4.14. The van der Waals surface area contributed by atoms with Gasteiger partial charge in [-0.2, -0.15) is 23.4 Å². The Morgan fingerprint density at radius 3 is 2.59 bits per heavy atom. The van der Waals surface area contributed by atoms with Gasteiger partial charge in [0.25, 0.3) is 0 Å². The van der Waals surface area contributed by atoms with Gasteiger partial charge in [-0.3, -0.25) is 9.36 Å². The Balaban J connectivity index is 0.00000242. The number of anilines is 1. The van der Waals surface area contributed by atoms with Gasteiger partial charge in [0.1, 0.15) is 6.54 Å². The average molecular weight is 338 g/mol. The lowest BCUT2D eigenvalue weighted by Crippen LogP contribution is -2.17. The molecule has 0 saturated heterocycles. The summed E-state index contributed by atoms with van der Waals surface area (Å²) in [6.07, 6.45) is 1.47. The lowest BCUT2D eigenvalue weighted by atomic mass is 10.3. The second-order valence-corrected chi connectivity index (χ2v) is 4.91. The van der Waals surface area contributed by atoms with Crippen molar-refractivity contribution in [1.29, 1.82) is 0 Å². The summed E-state index contributed by atoms with van der Waals surface area (Å²) < 4.78 is 39.5. The molecule has 0 fully saturated rings. The normalized spacial score (nSPS) is 11.3. The largest absolute Gasteiger partial charge is 0.408 e. The van der Waals surface area contributed by atoms with E-state index in [1.54, 1.807) is 0 Å². The first-order valence-electron chi connectivity index (χ1n) is 6.73. The Morgan fingerprint density at radius 1 is 1.23 bits per heavy atom. The highest BCUT2D eigenvalue weighted by molar-refractivity contribution is 5.85. The minimum absolute atomic E-state index is 0. The van der Waals surface area contributed by atoms with E-state index < -0.39 is 12.7 Å². The van der Waals surface area contributed by atoms with Gasteiger partial charge in [-0.25, -0.2) is 0 Å². The number of hydrogen-bond donors (Lipinski definition) is 1. The second-order valence-electron chi connectivity index (χ2n) is 4.91. The van der Waals surface area contributed by atoms with Crippen LogP contribution in [-0.4, -0.2) is 25.7 Å². The van der Waals surface area contributed by atoms with Crippen LogP contribution in [0.4, 0.5) is 18.9 Å². The SMILES string of the molecule is CCCn1cc(NCc2cnn(CC(F)(F)F)c2)c(C)n1.Cl. The molecule has 5 nitrogen and oxygen atoms in total. The third kappa shape index (κ3) is 5.25. The maximum atomic E-state index is 12.2. The van der Waals surface area contributed by atoms with Crippen molar-refractivity contribution in [1.82, 2.24) is 19.6 Å². The van der Waals surface area contributed by atoms with Crippen LogP contribution in [0.3, 0.4) is 0 Å². The molecule has 2 heterocycles. The van der Waals surface area contributed by atoms with Gasteiger partial charge in [-0.1, -0.05) is 6.92 Å². The highest BCUT2D eigenvalue weighted by Gasteiger charge is 2.28. The summed E-state index contributed by atoms with van der Waals surface area (Å²) in [6, 6.07) is 0.